The standard InChI is InChI=1S/C12H17NO/c1-14-12-5-3-2-4-11(12)10-7-6-9(10)8-13/h2-5,9-10H,6-8,13H2,1H3. The van der Waals surface area contributed by atoms with E-state index in [9.17, 15) is 0 Å². The third kappa shape index (κ3) is 1.50. The molecule has 0 spiro atoms. The van der Waals surface area contributed by atoms with Gasteiger partial charge in [-0.25, -0.2) is 0 Å². The average Bonchev–Trinajstić information content (AvgIpc) is 2.18. The summed E-state index contributed by atoms with van der Waals surface area (Å²) in [6, 6.07) is 8.27. The molecule has 2 unspecified atom stereocenters. The monoisotopic (exact) mass is 191 g/mol. The molecule has 1 aromatic rings. The first-order chi connectivity index (χ1) is 6.86. The second kappa shape index (κ2) is 4.01. The molecule has 0 saturated heterocycles. The lowest BCUT2D eigenvalue weighted by atomic mass is 9.70. The van der Waals surface area contributed by atoms with Gasteiger partial charge in [0.15, 0.2) is 0 Å². The number of hydrogen-bond donors (Lipinski definition) is 1. The zero-order valence-corrected chi connectivity index (χ0v) is 8.57. The molecule has 0 bridgehead atoms. The second-order valence-electron chi connectivity index (χ2n) is 3.92. The third-order valence-corrected chi connectivity index (χ3v) is 3.26. The molecule has 0 amide bonds. The fourth-order valence-electron chi connectivity index (χ4n) is 2.23. The zero-order valence-electron chi connectivity index (χ0n) is 8.57. The van der Waals surface area contributed by atoms with E-state index in [1.54, 1.807) is 7.11 Å². The van der Waals surface area contributed by atoms with E-state index in [-0.39, 0.29) is 0 Å². The molecule has 14 heavy (non-hydrogen) atoms. The van der Waals surface area contributed by atoms with E-state index >= 15 is 0 Å². The first kappa shape index (κ1) is 9.53. The Bertz CT molecular complexity index is 309. The molecule has 2 rings (SSSR count). The van der Waals surface area contributed by atoms with Crippen LogP contribution < -0.4 is 10.5 Å². The molecular formula is C12H17NO. The Kier molecular flexibility index (Phi) is 2.73. The van der Waals surface area contributed by atoms with Crippen molar-refractivity contribution in [2.75, 3.05) is 13.7 Å². The molecule has 1 saturated carbocycles. The Morgan fingerprint density at radius 3 is 2.71 bits per heavy atom. The lowest BCUT2D eigenvalue weighted by Crippen LogP contribution is -2.30. The maximum atomic E-state index is 5.71. The van der Waals surface area contributed by atoms with Gasteiger partial charge in [0.05, 0.1) is 7.11 Å². The molecule has 1 aromatic carbocycles. The number of benzene rings is 1. The van der Waals surface area contributed by atoms with Gasteiger partial charge in [-0.15, -0.1) is 0 Å². The number of methoxy groups -OCH3 is 1. The van der Waals surface area contributed by atoms with Gasteiger partial charge in [0.25, 0.3) is 0 Å². The van der Waals surface area contributed by atoms with E-state index in [0.29, 0.717) is 11.8 Å². The number of hydrogen-bond acceptors (Lipinski definition) is 2. The predicted octanol–water partition coefficient (Wildman–Crippen LogP) is 2.15. The van der Waals surface area contributed by atoms with Crippen LogP contribution in [0.15, 0.2) is 24.3 Å². The quantitative estimate of drug-likeness (QED) is 0.794. The van der Waals surface area contributed by atoms with Gasteiger partial charge < -0.3 is 10.5 Å². The minimum atomic E-state index is 0.621. The average molecular weight is 191 g/mol. The molecule has 1 aliphatic rings. The number of nitrogens with two attached hydrogens (primary N) is 1. The first-order valence-corrected chi connectivity index (χ1v) is 5.19. The third-order valence-electron chi connectivity index (χ3n) is 3.26. The molecule has 2 nitrogen and oxygen atoms in total. The highest BCUT2D eigenvalue weighted by atomic mass is 16.5. The van der Waals surface area contributed by atoms with Crippen molar-refractivity contribution < 1.29 is 4.74 Å². The predicted molar refractivity (Wildman–Crippen MR) is 57.5 cm³/mol. The van der Waals surface area contributed by atoms with Gasteiger partial charge in [-0.3, -0.25) is 0 Å². The van der Waals surface area contributed by atoms with E-state index in [0.717, 1.165) is 12.3 Å². The topological polar surface area (TPSA) is 35.2 Å². The van der Waals surface area contributed by atoms with Crippen LogP contribution in [0.25, 0.3) is 0 Å². The molecule has 0 aromatic heterocycles. The Morgan fingerprint density at radius 1 is 1.36 bits per heavy atom. The van der Waals surface area contributed by atoms with E-state index in [1.807, 2.05) is 12.1 Å². The molecule has 2 atom stereocenters. The van der Waals surface area contributed by atoms with Crippen LogP contribution in [0.2, 0.25) is 0 Å². The Labute approximate surface area is 85.1 Å². The smallest absolute Gasteiger partial charge is 0.122 e. The fraction of sp³-hybridized carbons (Fsp3) is 0.500. The summed E-state index contributed by atoms with van der Waals surface area (Å²) in [5, 5.41) is 0. The Balaban J connectivity index is 2.22. The van der Waals surface area contributed by atoms with Gasteiger partial charge in [-0.1, -0.05) is 18.2 Å². The highest BCUT2D eigenvalue weighted by Gasteiger charge is 2.32. The largest absolute Gasteiger partial charge is 0.496 e. The van der Waals surface area contributed by atoms with Gasteiger partial charge in [0, 0.05) is 0 Å². The molecule has 0 radical (unpaired) electrons. The van der Waals surface area contributed by atoms with Crippen LogP contribution >= 0.6 is 0 Å². The van der Waals surface area contributed by atoms with Gasteiger partial charge in [-0.2, -0.15) is 0 Å². The van der Waals surface area contributed by atoms with Crippen LogP contribution in [0.3, 0.4) is 0 Å². The molecule has 0 aliphatic heterocycles. The minimum absolute atomic E-state index is 0.621. The number of rotatable bonds is 3. The summed E-state index contributed by atoms with van der Waals surface area (Å²) >= 11 is 0. The summed E-state index contributed by atoms with van der Waals surface area (Å²) in [4.78, 5) is 0. The molecule has 0 heterocycles. The molecule has 2 heteroatoms. The van der Waals surface area contributed by atoms with Crippen molar-refractivity contribution in [2.24, 2.45) is 11.7 Å². The molecule has 2 N–H and O–H groups in total. The summed E-state index contributed by atoms with van der Waals surface area (Å²) in [6.07, 6.45) is 2.52. The molecule has 1 fully saturated rings. The summed E-state index contributed by atoms with van der Waals surface area (Å²) in [6.45, 7) is 0.794. The van der Waals surface area contributed by atoms with Crippen LogP contribution in [0.5, 0.6) is 5.75 Å². The van der Waals surface area contributed by atoms with Crippen molar-refractivity contribution in [3.8, 4) is 5.75 Å². The summed E-state index contributed by atoms with van der Waals surface area (Å²) < 4.78 is 5.35. The number of para-hydroxylation sites is 1. The number of ether oxygens (including phenoxy) is 1. The maximum Gasteiger partial charge on any atom is 0.122 e. The Hall–Kier alpha value is -1.02. The SMILES string of the molecule is COc1ccccc1C1CCC1CN. The highest BCUT2D eigenvalue weighted by molar-refractivity contribution is 5.37. The van der Waals surface area contributed by atoms with Crippen molar-refractivity contribution in [3.05, 3.63) is 29.8 Å². The minimum Gasteiger partial charge on any atom is -0.496 e. The highest BCUT2D eigenvalue weighted by Crippen LogP contribution is 2.44. The van der Waals surface area contributed by atoms with E-state index < -0.39 is 0 Å². The van der Waals surface area contributed by atoms with Crippen LogP contribution in [0.1, 0.15) is 24.3 Å². The van der Waals surface area contributed by atoms with Crippen LogP contribution in [0, 0.1) is 5.92 Å². The fourth-order valence-corrected chi connectivity index (χ4v) is 2.23. The molecule has 76 valence electrons. The lowest BCUT2D eigenvalue weighted by molar-refractivity contribution is 0.256. The van der Waals surface area contributed by atoms with E-state index in [2.05, 4.69) is 12.1 Å². The summed E-state index contributed by atoms with van der Waals surface area (Å²) in [5.41, 5.74) is 7.04. The van der Waals surface area contributed by atoms with E-state index in [1.165, 1.54) is 18.4 Å². The molecule has 1 aliphatic carbocycles. The van der Waals surface area contributed by atoms with Crippen molar-refractivity contribution in [1.29, 1.82) is 0 Å². The van der Waals surface area contributed by atoms with Crippen molar-refractivity contribution in [3.63, 3.8) is 0 Å². The zero-order chi connectivity index (χ0) is 9.97. The first-order valence-electron chi connectivity index (χ1n) is 5.19. The normalized spacial score (nSPS) is 25.6. The lowest BCUT2D eigenvalue weighted by Gasteiger charge is -2.36. The second-order valence-corrected chi connectivity index (χ2v) is 3.92. The van der Waals surface area contributed by atoms with Gasteiger partial charge in [0.2, 0.25) is 0 Å². The summed E-state index contributed by atoms with van der Waals surface area (Å²) in [7, 11) is 1.73. The van der Waals surface area contributed by atoms with Crippen LogP contribution in [-0.2, 0) is 0 Å². The van der Waals surface area contributed by atoms with Crippen molar-refractivity contribution >= 4 is 0 Å². The van der Waals surface area contributed by atoms with Crippen LogP contribution in [-0.4, -0.2) is 13.7 Å². The van der Waals surface area contributed by atoms with Crippen molar-refractivity contribution in [2.45, 2.75) is 18.8 Å². The van der Waals surface area contributed by atoms with Gasteiger partial charge in [-0.05, 0) is 42.9 Å². The molecular weight excluding hydrogens is 174 g/mol. The van der Waals surface area contributed by atoms with E-state index in [4.69, 9.17) is 10.5 Å². The van der Waals surface area contributed by atoms with Crippen LogP contribution in [0.4, 0.5) is 0 Å². The Morgan fingerprint density at radius 2 is 2.14 bits per heavy atom. The van der Waals surface area contributed by atoms with Gasteiger partial charge in [0.1, 0.15) is 5.75 Å². The summed E-state index contributed by atoms with van der Waals surface area (Å²) in [5.74, 6) is 2.29. The van der Waals surface area contributed by atoms with Crippen molar-refractivity contribution in [1.82, 2.24) is 0 Å². The maximum absolute atomic E-state index is 5.71. The van der Waals surface area contributed by atoms with Gasteiger partial charge >= 0.3 is 0 Å².